The number of nitrogens with one attached hydrogen (secondary N) is 1. The van der Waals surface area contributed by atoms with Gasteiger partial charge in [-0.3, -0.25) is 0 Å². The normalized spacial score (nSPS) is 17.9. The molecule has 1 saturated heterocycles. The van der Waals surface area contributed by atoms with Crippen LogP contribution in [0.25, 0.3) is 0 Å². The highest BCUT2D eigenvalue weighted by atomic mass is 35.5. The van der Waals surface area contributed by atoms with Crippen molar-refractivity contribution in [2.45, 2.75) is 30.2 Å². The minimum Gasteiger partial charge on any atom is -0.339 e. The summed E-state index contributed by atoms with van der Waals surface area (Å²) in [6.07, 6.45) is 4.56. The predicted octanol–water partition coefficient (Wildman–Crippen LogP) is 2.64. The summed E-state index contributed by atoms with van der Waals surface area (Å²) < 4.78 is 24.4. The SMILES string of the molecule is CN(Cc1ccccc1Cl)c1ncc(S(C)(=O)=O)c([C@@H]2CCCNC2)n1. The molecule has 1 fully saturated rings. The van der Waals surface area contributed by atoms with Gasteiger partial charge in [-0.1, -0.05) is 29.8 Å². The molecule has 2 aromatic rings. The quantitative estimate of drug-likeness (QED) is 0.840. The van der Waals surface area contributed by atoms with E-state index in [9.17, 15) is 8.42 Å². The van der Waals surface area contributed by atoms with E-state index in [0.29, 0.717) is 23.2 Å². The lowest BCUT2D eigenvalue weighted by Crippen LogP contribution is -2.30. The van der Waals surface area contributed by atoms with Crippen LogP contribution in [0.5, 0.6) is 0 Å². The van der Waals surface area contributed by atoms with Crippen LogP contribution in [0.15, 0.2) is 35.4 Å². The van der Waals surface area contributed by atoms with Gasteiger partial charge in [-0.05, 0) is 31.0 Å². The van der Waals surface area contributed by atoms with Crippen LogP contribution in [0.1, 0.15) is 30.0 Å². The average Bonchev–Trinajstić information content (AvgIpc) is 2.63. The molecule has 1 aliphatic heterocycles. The summed E-state index contributed by atoms with van der Waals surface area (Å²) in [4.78, 5) is 11.0. The summed E-state index contributed by atoms with van der Waals surface area (Å²) in [7, 11) is -1.51. The van der Waals surface area contributed by atoms with E-state index in [1.807, 2.05) is 36.2 Å². The van der Waals surface area contributed by atoms with Crippen molar-refractivity contribution < 1.29 is 8.42 Å². The molecule has 0 unspecified atom stereocenters. The van der Waals surface area contributed by atoms with Gasteiger partial charge >= 0.3 is 0 Å². The first-order valence-electron chi connectivity index (χ1n) is 8.58. The summed E-state index contributed by atoms with van der Waals surface area (Å²) in [5.74, 6) is 0.571. The van der Waals surface area contributed by atoms with Gasteiger partial charge in [0.25, 0.3) is 0 Å². The van der Waals surface area contributed by atoms with Crippen LogP contribution < -0.4 is 10.2 Å². The fraction of sp³-hybridized carbons (Fsp3) is 0.444. The summed E-state index contributed by atoms with van der Waals surface area (Å²) in [5.41, 5.74) is 1.57. The minimum atomic E-state index is -3.38. The maximum Gasteiger partial charge on any atom is 0.225 e. The third kappa shape index (κ3) is 4.34. The van der Waals surface area contributed by atoms with Crippen molar-refractivity contribution in [3.8, 4) is 0 Å². The smallest absolute Gasteiger partial charge is 0.225 e. The Kier molecular flexibility index (Phi) is 5.79. The van der Waals surface area contributed by atoms with Crippen molar-refractivity contribution >= 4 is 27.4 Å². The molecule has 0 spiro atoms. The Bertz CT molecular complexity index is 883. The van der Waals surface area contributed by atoms with Gasteiger partial charge in [0, 0.05) is 37.3 Å². The van der Waals surface area contributed by atoms with Crippen molar-refractivity contribution in [2.24, 2.45) is 0 Å². The average molecular weight is 395 g/mol. The van der Waals surface area contributed by atoms with Crippen LogP contribution in [0.3, 0.4) is 0 Å². The lowest BCUT2D eigenvalue weighted by atomic mass is 9.96. The number of hydrogen-bond acceptors (Lipinski definition) is 6. The van der Waals surface area contributed by atoms with Crippen LogP contribution in [-0.2, 0) is 16.4 Å². The maximum atomic E-state index is 12.2. The van der Waals surface area contributed by atoms with E-state index in [4.69, 9.17) is 11.6 Å². The molecule has 0 aliphatic carbocycles. The first-order chi connectivity index (χ1) is 12.4. The summed E-state index contributed by atoms with van der Waals surface area (Å²) in [6, 6.07) is 7.62. The van der Waals surface area contributed by atoms with Gasteiger partial charge in [0.2, 0.25) is 5.95 Å². The molecule has 2 heterocycles. The first kappa shape index (κ1) is 19.1. The van der Waals surface area contributed by atoms with Crippen molar-refractivity contribution in [2.75, 3.05) is 31.3 Å². The second kappa shape index (κ2) is 7.90. The standard InChI is InChI=1S/C18H23ClN4O2S/c1-23(12-14-6-3-4-8-15(14)19)18-21-11-16(26(2,24)25)17(22-18)13-7-5-9-20-10-13/h3-4,6,8,11,13,20H,5,7,9-10,12H2,1-2H3/t13-/m1/s1. The molecule has 26 heavy (non-hydrogen) atoms. The molecule has 8 heteroatoms. The number of hydrogen-bond donors (Lipinski definition) is 1. The van der Waals surface area contributed by atoms with E-state index in [-0.39, 0.29) is 10.8 Å². The van der Waals surface area contributed by atoms with Crippen LogP contribution in [0.4, 0.5) is 5.95 Å². The third-order valence-corrected chi connectivity index (χ3v) is 6.04. The van der Waals surface area contributed by atoms with Crippen LogP contribution in [0.2, 0.25) is 5.02 Å². The van der Waals surface area contributed by atoms with Gasteiger partial charge in [0.15, 0.2) is 9.84 Å². The maximum absolute atomic E-state index is 12.2. The third-order valence-electron chi connectivity index (χ3n) is 4.56. The molecule has 0 amide bonds. The number of piperidine rings is 1. The number of anilines is 1. The minimum absolute atomic E-state index is 0.0731. The van der Waals surface area contributed by atoms with Crippen molar-refractivity contribution in [3.63, 3.8) is 0 Å². The molecule has 1 atom stereocenters. The Morgan fingerprint density at radius 1 is 1.35 bits per heavy atom. The molecule has 6 nitrogen and oxygen atoms in total. The zero-order valence-corrected chi connectivity index (χ0v) is 16.5. The fourth-order valence-corrected chi connectivity index (χ4v) is 4.21. The largest absolute Gasteiger partial charge is 0.339 e. The number of aromatic nitrogens is 2. The Morgan fingerprint density at radius 3 is 2.77 bits per heavy atom. The Morgan fingerprint density at radius 2 is 2.12 bits per heavy atom. The number of nitrogens with zero attached hydrogens (tertiary/aromatic N) is 3. The van der Waals surface area contributed by atoms with Gasteiger partial charge in [-0.15, -0.1) is 0 Å². The second-order valence-corrected chi connectivity index (χ2v) is 9.07. The summed E-state index contributed by atoms with van der Waals surface area (Å²) in [6.45, 7) is 2.22. The van der Waals surface area contributed by atoms with Crippen LogP contribution in [0, 0.1) is 0 Å². The van der Waals surface area contributed by atoms with E-state index in [0.717, 1.165) is 31.5 Å². The van der Waals surface area contributed by atoms with Gasteiger partial charge in [-0.25, -0.2) is 18.4 Å². The Balaban J connectivity index is 1.94. The van der Waals surface area contributed by atoms with Crippen LogP contribution >= 0.6 is 11.6 Å². The number of sulfone groups is 1. The molecular formula is C18H23ClN4O2S. The molecule has 1 aliphatic rings. The molecule has 1 aromatic carbocycles. The lowest BCUT2D eigenvalue weighted by Gasteiger charge is -2.25. The fourth-order valence-electron chi connectivity index (χ4n) is 3.17. The molecule has 0 radical (unpaired) electrons. The zero-order valence-electron chi connectivity index (χ0n) is 14.9. The lowest BCUT2D eigenvalue weighted by molar-refractivity contribution is 0.447. The monoisotopic (exact) mass is 394 g/mol. The molecular weight excluding hydrogens is 372 g/mol. The van der Waals surface area contributed by atoms with Crippen molar-refractivity contribution in [1.82, 2.24) is 15.3 Å². The Labute approximate surface area is 159 Å². The van der Waals surface area contributed by atoms with E-state index < -0.39 is 9.84 Å². The van der Waals surface area contributed by atoms with Gasteiger partial charge in [-0.2, -0.15) is 0 Å². The van der Waals surface area contributed by atoms with E-state index in [1.54, 1.807) is 0 Å². The van der Waals surface area contributed by atoms with Crippen LogP contribution in [-0.4, -0.2) is 44.8 Å². The van der Waals surface area contributed by atoms with Gasteiger partial charge in [0.05, 0.1) is 11.9 Å². The predicted molar refractivity (Wildman–Crippen MR) is 104 cm³/mol. The summed E-state index contributed by atoms with van der Waals surface area (Å²) in [5, 5.41) is 4.01. The molecule has 0 saturated carbocycles. The van der Waals surface area contributed by atoms with Gasteiger partial charge < -0.3 is 10.2 Å². The highest BCUT2D eigenvalue weighted by Gasteiger charge is 2.26. The zero-order chi connectivity index (χ0) is 18.7. The summed E-state index contributed by atoms with van der Waals surface area (Å²) >= 11 is 6.24. The highest BCUT2D eigenvalue weighted by molar-refractivity contribution is 7.90. The van der Waals surface area contributed by atoms with E-state index in [1.165, 1.54) is 12.5 Å². The first-order valence-corrected chi connectivity index (χ1v) is 10.9. The van der Waals surface area contributed by atoms with E-state index in [2.05, 4.69) is 15.3 Å². The molecule has 140 valence electrons. The number of rotatable bonds is 5. The molecule has 3 rings (SSSR count). The van der Waals surface area contributed by atoms with Crippen molar-refractivity contribution in [1.29, 1.82) is 0 Å². The van der Waals surface area contributed by atoms with Crippen molar-refractivity contribution in [3.05, 3.63) is 46.7 Å². The molecule has 1 N–H and O–H groups in total. The highest BCUT2D eigenvalue weighted by Crippen LogP contribution is 2.29. The second-order valence-electron chi connectivity index (χ2n) is 6.68. The Hall–Kier alpha value is -1.70. The number of benzene rings is 1. The topological polar surface area (TPSA) is 75.2 Å². The molecule has 1 aromatic heterocycles. The number of halogens is 1. The molecule has 0 bridgehead atoms. The van der Waals surface area contributed by atoms with E-state index >= 15 is 0 Å². The van der Waals surface area contributed by atoms with Gasteiger partial charge in [0.1, 0.15) is 4.90 Å².